The Hall–Kier alpha value is -1.82. The molecular weight excluding hydrogens is 353 g/mol. The first-order valence-electron chi connectivity index (χ1n) is 6.79. The van der Waals surface area contributed by atoms with Gasteiger partial charge in [-0.05, 0) is 43.7 Å². The van der Waals surface area contributed by atoms with Crippen molar-refractivity contribution in [3.8, 4) is 0 Å². The van der Waals surface area contributed by atoms with E-state index in [0.717, 1.165) is 21.5 Å². The first kappa shape index (κ1) is 16.1. The van der Waals surface area contributed by atoms with E-state index in [1.54, 1.807) is 18.2 Å². The van der Waals surface area contributed by atoms with Crippen LogP contribution in [0.25, 0.3) is 10.2 Å². The molecule has 4 nitrogen and oxygen atoms in total. The number of carbonyl (C=O) groups excluding carboxylic acids is 1. The number of aromatic nitrogens is 1. The van der Waals surface area contributed by atoms with Crippen LogP contribution in [0.2, 0.25) is 10.0 Å². The Labute approximate surface area is 147 Å². The highest BCUT2D eigenvalue weighted by Crippen LogP contribution is 2.36. The molecule has 0 spiro atoms. The number of anilines is 2. The molecular formula is C16H13Cl2N3OS. The molecule has 0 saturated carbocycles. The van der Waals surface area contributed by atoms with Gasteiger partial charge in [0, 0.05) is 16.1 Å². The zero-order valence-corrected chi connectivity index (χ0v) is 14.7. The number of aryl methyl sites for hydroxylation is 2. The van der Waals surface area contributed by atoms with Gasteiger partial charge in [-0.15, -0.1) is 11.3 Å². The number of fused-ring (bicyclic) bond motifs is 1. The third-order valence-electron chi connectivity index (χ3n) is 3.41. The molecule has 0 radical (unpaired) electrons. The van der Waals surface area contributed by atoms with E-state index in [4.69, 9.17) is 28.9 Å². The van der Waals surface area contributed by atoms with Crippen LogP contribution in [0.3, 0.4) is 0 Å². The predicted octanol–water partition coefficient (Wildman–Crippen LogP) is 5.05. The van der Waals surface area contributed by atoms with Crippen LogP contribution in [0.15, 0.2) is 24.3 Å². The van der Waals surface area contributed by atoms with Crippen LogP contribution in [0.5, 0.6) is 0 Å². The quantitative estimate of drug-likeness (QED) is 0.667. The smallest absolute Gasteiger partial charge is 0.267 e. The van der Waals surface area contributed by atoms with Crippen LogP contribution < -0.4 is 11.1 Å². The Bertz CT molecular complexity index is 937. The van der Waals surface area contributed by atoms with Gasteiger partial charge < -0.3 is 11.1 Å². The number of nitrogens with two attached hydrogens (primary N) is 1. The number of benzene rings is 1. The molecule has 7 heteroatoms. The topological polar surface area (TPSA) is 68.0 Å². The van der Waals surface area contributed by atoms with E-state index in [2.05, 4.69) is 10.3 Å². The number of hydrogen-bond acceptors (Lipinski definition) is 4. The van der Waals surface area contributed by atoms with E-state index in [1.807, 2.05) is 19.9 Å². The fourth-order valence-electron chi connectivity index (χ4n) is 2.41. The van der Waals surface area contributed by atoms with Gasteiger partial charge in [0.1, 0.15) is 9.71 Å². The van der Waals surface area contributed by atoms with E-state index < -0.39 is 0 Å². The monoisotopic (exact) mass is 365 g/mol. The molecule has 3 rings (SSSR count). The third kappa shape index (κ3) is 3.00. The molecule has 1 aromatic carbocycles. The summed E-state index contributed by atoms with van der Waals surface area (Å²) in [5.41, 5.74) is 8.99. The summed E-state index contributed by atoms with van der Waals surface area (Å²) in [6.45, 7) is 3.87. The van der Waals surface area contributed by atoms with Crippen LogP contribution >= 0.6 is 34.5 Å². The van der Waals surface area contributed by atoms with Gasteiger partial charge in [0.25, 0.3) is 5.91 Å². The lowest BCUT2D eigenvalue weighted by Crippen LogP contribution is -2.12. The molecule has 0 aliphatic heterocycles. The molecule has 0 unspecified atom stereocenters. The molecule has 0 saturated heterocycles. The largest absolute Gasteiger partial charge is 0.397 e. The van der Waals surface area contributed by atoms with E-state index in [-0.39, 0.29) is 5.91 Å². The van der Waals surface area contributed by atoms with Crippen LogP contribution in [-0.4, -0.2) is 10.9 Å². The zero-order valence-electron chi connectivity index (χ0n) is 12.4. The molecule has 2 aromatic heterocycles. The number of thiophene rings is 1. The summed E-state index contributed by atoms with van der Waals surface area (Å²) < 4.78 is 0. The number of amides is 1. The Morgan fingerprint density at radius 2 is 2.00 bits per heavy atom. The van der Waals surface area contributed by atoms with E-state index in [0.29, 0.717) is 26.3 Å². The summed E-state index contributed by atoms with van der Waals surface area (Å²) in [6, 6.07) is 6.83. The van der Waals surface area contributed by atoms with Crippen molar-refractivity contribution < 1.29 is 4.79 Å². The predicted molar refractivity (Wildman–Crippen MR) is 97.9 cm³/mol. The number of rotatable bonds is 2. The van der Waals surface area contributed by atoms with Gasteiger partial charge in [0.05, 0.1) is 16.4 Å². The first-order valence-corrected chi connectivity index (χ1v) is 8.36. The highest BCUT2D eigenvalue weighted by Gasteiger charge is 2.19. The number of hydrogen-bond donors (Lipinski definition) is 2. The Morgan fingerprint density at radius 3 is 2.70 bits per heavy atom. The van der Waals surface area contributed by atoms with Gasteiger partial charge in [-0.3, -0.25) is 4.79 Å². The first-order chi connectivity index (χ1) is 10.9. The summed E-state index contributed by atoms with van der Waals surface area (Å²) in [5.74, 6) is -0.313. The average Bonchev–Trinajstić information content (AvgIpc) is 2.79. The maximum absolute atomic E-state index is 12.5. The second-order valence-electron chi connectivity index (χ2n) is 5.18. The van der Waals surface area contributed by atoms with Crippen LogP contribution in [-0.2, 0) is 0 Å². The molecule has 3 N–H and O–H groups in total. The Balaban J connectivity index is 2.01. The lowest BCUT2D eigenvalue weighted by molar-refractivity contribution is 0.103. The van der Waals surface area contributed by atoms with Crippen LogP contribution in [0.4, 0.5) is 11.4 Å². The zero-order chi connectivity index (χ0) is 16.7. The number of nitrogens with one attached hydrogen (secondary N) is 1. The Morgan fingerprint density at radius 1 is 1.26 bits per heavy atom. The molecule has 0 atom stereocenters. The minimum Gasteiger partial charge on any atom is -0.397 e. The van der Waals surface area contributed by atoms with Crippen molar-refractivity contribution >= 4 is 62.0 Å². The minimum absolute atomic E-state index is 0.313. The van der Waals surface area contributed by atoms with Gasteiger partial charge in [0.15, 0.2) is 0 Å². The molecule has 0 fully saturated rings. The number of nitrogens with zero attached hydrogens (tertiary/aromatic N) is 1. The van der Waals surface area contributed by atoms with Crippen molar-refractivity contribution in [1.82, 2.24) is 4.98 Å². The van der Waals surface area contributed by atoms with Gasteiger partial charge in [0.2, 0.25) is 0 Å². The molecule has 0 aliphatic carbocycles. The molecule has 0 bridgehead atoms. The molecule has 118 valence electrons. The van der Waals surface area contributed by atoms with Gasteiger partial charge in [-0.1, -0.05) is 23.2 Å². The van der Waals surface area contributed by atoms with Crippen molar-refractivity contribution in [2.75, 3.05) is 11.1 Å². The van der Waals surface area contributed by atoms with Gasteiger partial charge in [-0.25, -0.2) is 4.98 Å². The summed E-state index contributed by atoms with van der Waals surface area (Å²) in [7, 11) is 0. The SMILES string of the molecule is Cc1cc(C)c2c(N)c(C(=O)Nc3ccc(Cl)cc3Cl)sc2n1. The van der Waals surface area contributed by atoms with Crippen molar-refractivity contribution in [2.24, 2.45) is 0 Å². The van der Waals surface area contributed by atoms with Crippen molar-refractivity contribution in [2.45, 2.75) is 13.8 Å². The summed E-state index contributed by atoms with van der Waals surface area (Å²) in [6.07, 6.45) is 0. The van der Waals surface area contributed by atoms with E-state index >= 15 is 0 Å². The number of halogens is 2. The normalized spacial score (nSPS) is 11.0. The fraction of sp³-hybridized carbons (Fsp3) is 0.125. The van der Waals surface area contributed by atoms with Crippen molar-refractivity contribution in [1.29, 1.82) is 0 Å². The van der Waals surface area contributed by atoms with Gasteiger partial charge >= 0.3 is 0 Å². The maximum Gasteiger partial charge on any atom is 0.267 e. The third-order valence-corrected chi connectivity index (χ3v) is 5.06. The number of nitrogen functional groups attached to an aromatic ring is 1. The summed E-state index contributed by atoms with van der Waals surface area (Å²) in [4.78, 5) is 18.2. The highest BCUT2D eigenvalue weighted by atomic mass is 35.5. The number of carbonyl (C=O) groups is 1. The highest BCUT2D eigenvalue weighted by molar-refractivity contribution is 7.21. The van der Waals surface area contributed by atoms with E-state index in [9.17, 15) is 4.79 Å². The summed E-state index contributed by atoms with van der Waals surface area (Å²) in [5, 5.41) is 4.46. The van der Waals surface area contributed by atoms with E-state index in [1.165, 1.54) is 11.3 Å². The second-order valence-corrected chi connectivity index (χ2v) is 7.03. The lowest BCUT2D eigenvalue weighted by atomic mass is 10.1. The molecule has 0 aliphatic rings. The Kier molecular flexibility index (Phi) is 4.19. The standard InChI is InChI=1S/C16H13Cl2N3OS/c1-7-5-8(2)20-16-12(7)13(19)14(23-16)15(22)21-11-4-3-9(17)6-10(11)18/h3-6H,19H2,1-2H3,(H,21,22). The minimum atomic E-state index is -0.313. The fourth-order valence-corrected chi connectivity index (χ4v) is 3.98. The molecule has 23 heavy (non-hydrogen) atoms. The lowest BCUT2D eigenvalue weighted by Gasteiger charge is -2.07. The summed E-state index contributed by atoms with van der Waals surface area (Å²) >= 11 is 13.2. The van der Waals surface area contributed by atoms with Crippen LogP contribution in [0, 0.1) is 13.8 Å². The average molecular weight is 366 g/mol. The second kappa shape index (κ2) is 6.00. The molecule has 1 amide bonds. The molecule has 3 aromatic rings. The number of pyridine rings is 1. The van der Waals surface area contributed by atoms with Crippen molar-refractivity contribution in [3.05, 3.63) is 50.4 Å². The van der Waals surface area contributed by atoms with Crippen LogP contribution in [0.1, 0.15) is 20.9 Å². The molecule has 2 heterocycles. The van der Waals surface area contributed by atoms with Gasteiger partial charge in [-0.2, -0.15) is 0 Å². The van der Waals surface area contributed by atoms with Crippen molar-refractivity contribution in [3.63, 3.8) is 0 Å². The maximum atomic E-state index is 12.5.